The van der Waals surface area contributed by atoms with Gasteiger partial charge in [0.2, 0.25) is 0 Å². The average molecular weight is 465 g/mol. The summed E-state index contributed by atoms with van der Waals surface area (Å²) in [5.41, 5.74) is -0.355. The maximum Gasteiger partial charge on any atom is 0.330 e. The number of carbonyl (C=O) groups excluding carboxylic acids is 1. The molecule has 0 fully saturated rings. The number of fused-ring (bicyclic) bond motifs is 1. The van der Waals surface area contributed by atoms with Crippen molar-refractivity contribution in [1.82, 2.24) is 13.7 Å². The summed E-state index contributed by atoms with van der Waals surface area (Å²) in [6.45, 7) is 1.61. The fourth-order valence-electron chi connectivity index (χ4n) is 3.16. The molecule has 29 heavy (non-hydrogen) atoms. The number of halogens is 1. The van der Waals surface area contributed by atoms with E-state index in [1.807, 2.05) is 0 Å². The first-order valence-corrected chi connectivity index (χ1v) is 9.35. The van der Waals surface area contributed by atoms with Crippen LogP contribution in [0.4, 0.5) is 5.69 Å². The monoisotopic (exact) mass is 464 g/mol. The zero-order valence-electron chi connectivity index (χ0n) is 15.8. The number of esters is 1. The molecule has 0 saturated carbocycles. The van der Waals surface area contributed by atoms with E-state index in [1.54, 1.807) is 6.92 Å². The Morgan fingerprint density at radius 2 is 1.93 bits per heavy atom. The number of non-ortho nitro benzene ring substituents is 1. The van der Waals surface area contributed by atoms with Gasteiger partial charge in [-0.1, -0.05) is 15.9 Å². The number of nitro groups is 1. The maximum absolute atomic E-state index is 12.9. The molecular formula is C18H17BrN4O6. The van der Waals surface area contributed by atoms with Crippen molar-refractivity contribution in [2.24, 2.45) is 14.1 Å². The lowest BCUT2D eigenvalue weighted by Crippen LogP contribution is -2.36. The third-order valence-electron chi connectivity index (χ3n) is 4.53. The summed E-state index contributed by atoms with van der Waals surface area (Å²) in [6, 6.07) is 4.13. The Morgan fingerprint density at radius 3 is 2.55 bits per heavy atom. The van der Waals surface area contributed by atoms with E-state index in [2.05, 4.69) is 15.9 Å². The summed E-state index contributed by atoms with van der Waals surface area (Å²) >= 11 is 3.36. The Kier molecular flexibility index (Phi) is 5.42. The van der Waals surface area contributed by atoms with Gasteiger partial charge in [-0.2, -0.15) is 0 Å². The summed E-state index contributed by atoms with van der Waals surface area (Å²) in [4.78, 5) is 48.1. The van der Waals surface area contributed by atoms with Crippen LogP contribution in [0, 0.1) is 10.1 Å². The number of aromatic nitrogens is 3. The largest absolute Gasteiger partial charge is 0.465 e. The predicted molar refractivity (Wildman–Crippen MR) is 109 cm³/mol. The second-order valence-electron chi connectivity index (χ2n) is 6.30. The van der Waals surface area contributed by atoms with Gasteiger partial charge in [0.25, 0.3) is 11.2 Å². The summed E-state index contributed by atoms with van der Waals surface area (Å²) < 4.78 is 9.19. The highest BCUT2D eigenvalue weighted by Gasteiger charge is 2.23. The lowest BCUT2D eigenvalue weighted by Gasteiger charge is -2.11. The highest BCUT2D eigenvalue weighted by Crippen LogP contribution is 2.35. The highest BCUT2D eigenvalue weighted by molar-refractivity contribution is 9.10. The molecule has 2 aromatic heterocycles. The third-order valence-corrected chi connectivity index (χ3v) is 5.22. The first kappa shape index (κ1) is 20.5. The van der Waals surface area contributed by atoms with E-state index in [-0.39, 0.29) is 29.9 Å². The number of benzene rings is 1. The minimum absolute atomic E-state index is 0.167. The number of carbonyl (C=O) groups is 1. The first-order chi connectivity index (χ1) is 13.7. The Hall–Kier alpha value is -3.21. The number of hydrogen-bond acceptors (Lipinski definition) is 6. The van der Waals surface area contributed by atoms with E-state index in [4.69, 9.17) is 4.74 Å². The molecular weight excluding hydrogens is 448 g/mol. The molecule has 0 aliphatic rings. The van der Waals surface area contributed by atoms with Gasteiger partial charge < -0.3 is 9.30 Å². The van der Waals surface area contributed by atoms with Crippen molar-refractivity contribution in [3.05, 3.63) is 59.8 Å². The standard InChI is InChI=1S/C18H17BrN4O6/c1-4-29-14(24)9-22-8-13-15(17(25)21(3)18(26)20(13)2)16(22)11-7-10(23(27)28)5-6-12(11)19/h5-8H,4,9H2,1-3H3. The van der Waals surface area contributed by atoms with E-state index < -0.39 is 22.1 Å². The van der Waals surface area contributed by atoms with Gasteiger partial charge in [-0.25, -0.2) is 4.79 Å². The van der Waals surface area contributed by atoms with Crippen LogP contribution in [-0.4, -0.2) is 31.2 Å². The van der Waals surface area contributed by atoms with Gasteiger partial charge in [0.1, 0.15) is 6.54 Å². The number of aryl methyl sites for hydroxylation is 1. The molecule has 10 nitrogen and oxygen atoms in total. The minimum atomic E-state index is -0.570. The Balaban J connectivity index is 2.45. The normalized spacial score (nSPS) is 11.0. The molecule has 0 bridgehead atoms. The first-order valence-electron chi connectivity index (χ1n) is 8.56. The molecule has 0 aliphatic carbocycles. The Bertz CT molecular complexity index is 1270. The molecule has 0 N–H and O–H groups in total. The minimum Gasteiger partial charge on any atom is -0.465 e. The molecule has 0 atom stereocenters. The number of rotatable bonds is 5. The number of nitrogens with zero attached hydrogens (tertiary/aromatic N) is 4. The average Bonchev–Trinajstić information content (AvgIpc) is 3.04. The summed E-state index contributed by atoms with van der Waals surface area (Å²) in [6.07, 6.45) is 1.50. The van der Waals surface area contributed by atoms with Crippen molar-refractivity contribution >= 4 is 38.5 Å². The van der Waals surface area contributed by atoms with Crippen LogP contribution < -0.4 is 11.2 Å². The van der Waals surface area contributed by atoms with E-state index in [0.717, 1.165) is 4.57 Å². The van der Waals surface area contributed by atoms with Gasteiger partial charge >= 0.3 is 11.7 Å². The summed E-state index contributed by atoms with van der Waals surface area (Å²) in [5, 5.41) is 11.4. The molecule has 152 valence electrons. The van der Waals surface area contributed by atoms with Crippen LogP contribution in [0.2, 0.25) is 0 Å². The second-order valence-corrected chi connectivity index (χ2v) is 7.15. The number of nitro benzene ring substituents is 1. The molecule has 1 aromatic carbocycles. The van der Waals surface area contributed by atoms with Crippen LogP contribution in [0.25, 0.3) is 22.2 Å². The van der Waals surface area contributed by atoms with Gasteiger partial charge in [0.15, 0.2) is 0 Å². The van der Waals surface area contributed by atoms with Crippen LogP contribution in [0.1, 0.15) is 6.92 Å². The molecule has 0 saturated heterocycles. The van der Waals surface area contributed by atoms with Crippen molar-refractivity contribution in [3.8, 4) is 11.3 Å². The fraction of sp³-hybridized carbons (Fsp3) is 0.278. The zero-order chi connectivity index (χ0) is 21.5. The van der Waals surface area contributed by atoms with Crippen LogP contribution in [0.5, 0.6) is 0 Å². The van der Waals surface area contributed by atoms with Gasteiger partial charge in [-0.3, -0.25) is 28.8 Å². The van der Waals surface area contributed by atoms with Gasteiger partial charge in [-0.05, 0) is 13.0 Å². The summed E-state index contributed by atoms with van der Waals surface area (Å²) in [5.74, 6) is -0.544. The second kappa shape index (κ2) is 7.66. The van der Waals surface area contributed by atoms with Gasteiger partial charge in [0.05, 0.1) is 28.1 Å². The number of ether oxygens (including phenoxy) is 1. The van der Waals surface area contributed by atoms with E-state index in [1.165, 1.54) is 47.6 Å². The molecule has 0 radical (unpaired) electrons. The molecule has 11 heteroatoms. The lowest BCUT2D eigenvalue weighted by molar-refractivity contribution is -0.384. The fourth-order valence-corrected chi connectivity index (χ4v) is 3.59. The van der Waals surface area contributed by atoms with Crippen molar-refractivity contribution < 1.29 is 14.5 Å². The van der Waals surface area contributed by atoms with E-state index in [0.29, 0.717) is 15.6 Å². The van der Waals surface area contributed by atoms with Crippen molar-refractivity contribution in [3.63, 3.8) is 0 Å². The van der Waals surface area contributed by atoms with E-state index in [9.17, 15) is 24.5 Å². The Morgan fingerprint density at radius 1 is 1.24 bits per heavy atom. The van der Waals surface area contributed by atoms with Crippen LogP contribution in [0.3, 0.4) is 0 Å². The molecule has 0 unspecified atom stereocenters. The van der Waals surface area contributed by atoms with Crippen LogP contribution >= 0.6 is 15.9 Å². The molecule has 0 aliphatic heterocycles. The SMILES string of the molecule is CCOC(=O)Cn1cc2c(c1-c1cc([N+](=O)[O-])ccc1Br)c(=O)n(C)c(=O)n2C. The van der Waals surface area contributed by atoms with Crippen molar-refractivity contribution in [2.75, 3.05) is 6.61 Å². The van der Waals surface area contributed by atoms with Gasteiger partial charge in [0, 0.05) is 42.5 Å². The molecule has 2 heterocycles. The van der Waals surface area contributed by atoms with Crippen LogP contribution in [-0.2, 0) is 30.2 Å². The Labute approximate surface area is 172 Å². The zero-order valence-corrected chi connectivity index (χ0v) is 17.4. The molecule has 3 aromatic rings. The quantitative estimate of drug-likeness (QED) is 0.323. The topological polar surface area (TPSA) is 118 Å². The van der Waals surface area contributed by atoms with E-state index >= 15 is 0 Å². The van der Waals surface area contributed by atoms with Crippen molar-refractivity contribution in [1.29, 1.82) is 0 Å². The highest BCUT2D eigenvalue weighted by atomic mass is 79.9. The molecule has 0 amide bonds. The summed E-state index contributed by atoms with van der Waals surface area (Å²) in [7, 11) is 2.85. The lowest BCUT2D eigenvalue weighted by atomic mass is 10.1. The molecule has 3 rings (SSSR count). The molecule has 0 spiro atoms. The number of hydrogen-bond donors (Lipinski definition) is 0. The maximum atomic E-state index is 12.9. The predicted octanol–water partition coefficient (Wildman–Crippen LogP) is 1.94. The van der Waals surface area contributed by atoms with Crippen molar-refractivity contribution in [2.45, 2.75) is 13.5 Å². The van der Waals surface area contributed by atoms with Crippen LogP contribution in [0.15, 0.2) is 38.5 Å². The third kappa shape index (κ3) is 3.48. The van der Waals surface area contributed by atoms with Gasteiger partial charge in [-0.15, -0.1) is 0 Å². The smallest absolute Gasteiger partial charge is 0.330 e.